The highest BCUT2D eigenvalue weighted by molar-refractivity contribution is 6.30. The van der Waals surface area contributed by atoms with E-state index in [1.54, 1.807) is 40.1 Å². The monoisotopic (exact) mass is 505 g/mol. The van der Waals surface area contributed by atoms with Gasteiger partial charge in [0.15, 0.2) is 0 Å². The molecule has 7 nitrogen and oxygen atoms in total. The van der Waals surface area contributed by atoms with Crippen LogP contribution in [0.4, 0.5) is 24.5 Å². The molecule has 0 spiro atoms. The molecule has 2 heterocycles. The highest BCUT2D eigenvalue weighted by atomic mass is 35.5. The smallest absolute Gasteiger partial charge is 0.416 e. The van der Waals surface area contributed by atoms with Gasteiger partial charge in [-0.1, -0.05) is 11.6 Å². The molecular formula is C24H19ClF3N3O4. The number of carbonyl (C=O) groups excluding carboxylic acids is 1. The van der Waals surface area contributed by atoms with Crippen LogP contribution in [0.1, 0.15) is 11.3 Å². The molecule has 3 aromatic rings. The number of nitro groups is 1. The normalized spacial score (nSPS) is 14.5. The molecule has 0 radical (unpaired) electrons. The lowest BCUT2D eigenvalue weighted by Crippen LogP contribution is -2.48. The van der Waals surface area contributed by atoms with Crippen LogP contribution in [-0.2, 0) is 11.0 Å². The van der Waals surface area contributed by atoms with Gasteiger partial charge in [-0.25, -0.2) is 0 Å². The first kappa shape index (κ1) is 24.3. The maximum absolute atomic E-state index is 12.9. The first-order chi connectivity index (χ1) is 16.6. The standard InChI is InChI=1S/C24H19ClF3N3O4/c25-18-4-1-16(2-5-18)22-9-6-19(35-22)7-10-23(32)30-13-11-29(12-14-30)20-8-3-17(24(26,27)28)15-21(20)31(33)34/h1-10,15H,11-14H2/b10-7+. The van der Waals surface area contributed by atoms with Gasteiger partial charge in [0, 0.05) is 48.9 Å². The Morgan fingerprint density at radius 2 is 1.71 bits per heavy atom. The third kappa shape index (κ3) is 5.65. The van der Waals surface area contributed by atoms with Crippen LogP contribution in [0, 0.1) is 10.1 Å². The number of nitrogens with zero attached hydrogens (tertiary/aromatic N) is 3. The molecule has 1 aromatic heterocycles. The van der Waals surface area contributed by atoms with Gasteiger partial charge in [-0.15, -0.1) is 0 Å². The van der Waals surface area contributed by atoms with Crippen molar-refractivity contribution in [1.82, 2.24) is 4.90 Å². The molecule has 1 aliphatic heterocycles. The predicted octanol–water partition coefficient (Wildman–Crippen LogP) is 5.89. The average molecular weight is 506 g/mol. The van der Waals surface area contributed by atoms with E-state index in [0.29, 0.717) is 22.6 Å². The number of hydrogen-bond acceptors (Lipinski definition) is 5. The average Bonchev–Trinajstić information content (AvgIpc) is 3.31. The van der Waals surface area contributed by atoms with Gasteiger partial charge >= 0.3 is 6.18 Å². The highest BCUT2D eigenvalue weighted by Crippen LogP contribution is 2.36. The third-order valence-electron chi connectivity index (χ3n) is 5.58. The van der Waals surface area contributed by atoms with Gasteiger partial charge in [0.1, 0.15) is 17.2 Å². The van der Waals surface area contributed by atoms with E-state index in [2.05, 4.69) is 0 Å². The maximum atomic E-state index is 12.9. The van der Waals surface area contributed by atoms with Gasteiger partial charge in [0.2, 0.25) is 5.91 Å². The quantitative estimate of drug-likeness (QED) is 0.245. The third-order valence-corrected chi connectivity index (χ3v) is 5.83. The molecule has 0 unspecified atom stereocenters. The molecule has 35 heavy (non-hydrogen) atoms. The molecule has 2 aromatic carbocycles. The molecule has 182 valence electrons. The number of furan rings is 1. The van der Waals surface area contributed by atoms with Gasteiger partial charge in [0.05, 0.1) is 10.5 Å². The van der Waals surface area contributed by atoms with Crippen molar-refractivity contribution in [2.24, 2.45) is 0 Å². The van der Waals surface area contributed by atoms with Gasteiger partial charge in [-0.3, -0.25) is 14.9 Å². The van der Waals surface area contributed by atoms with Crippen LogP contribution < -0.4 is 4.90 Å². The van der Waals surface area contributed by atoms with Crippen LogP contribution in [0.2, 0.25) is 5.02 Å². The van der Waals surface area contributed by atoms with Crippen molar-refractivity contribution in [3.8, 4) is 11.3 Å². The fourth-order valence-electron chi connectivity index (χ4n) is 3.75. The molecule has 1 amide bonds. The van der Waals surface area contributed by atoms with Crippen LogP contribution in [-0.4, -0.2) is 41.9 Å². The Morgan fingerprint density at radius 1 is 1.03 bits per heavy atom. The second-order valence-electron chi connectivity index (χ2n) is 7.81. The van der Waals surface area contributed by atoms with E-state index in [4.69, 9.17) is 16.0 Å². The van der Waals surface area contributed by atoms with E-state index < -0.39 is 22.4 Å². The molecule has 4 rings (SSSR count). The van der Waals surface area contributed by atoms with Crippen LogP contribution in [0.15, 0.2) is 65.1 Å². The molecule has 0 aliphatic carbocycles. The Bertz CT molecular complexity index is 1260. The molecule has 11 heteroatoms. The zero-order valence-corrected chi connectivity index (χ0v) is 18.9. The number of amides is 1. The Hall–Kier alpha value is -3.79. The van der Waals surface area contributed by atoms with E-state index in [0.717, 1.165) is 17.7 Å². The molecule has 0 N–H and O–H groups in total. The molecule has 0 saturated carbocycles. The number of hydrogen-bond donors (Lipinski definition) is 0. The van der Waals surface area contributed by atoms with Crippen LogP contribution in [0.3, 0.4) is 0 Å². The summed E-state index contributed by atoms with van der Waals surface area (Å²) in [4.78, 5) is 26.3. The van der Waals surface area contributed by atoms with Gasteiger partial charge < -0.3 is 14.2 Å². The van der Waals surface area contributed by atoms with Gasteiger partial charge in [0.25, 0.3) is 5.69 Å². The van der Waals surface area contributed by atoms with Crippen molar-refractivity contribution in [3.63, 3.8) is 0 Å². The summed E-state index contributed by atoms with van der Waals surface area (Å²) in [5.41, 5.74) is -0.761. The van der Waals surface area contributed by atoms with Crippen molar-refractivity contribution in [3.05, 3.63) is 87.1 Å². The minimum Gasteiger partial charge on any atom is -0.457 e. The Labute approximate surface area is 203 Å². The molecule has 1 fully saturated rings. The lowest BCUT2D eigenvalue weighted by atomic mass is 10.1. The molecule has 0 atom stereocenters. The summed E-state index contributed by atoms with van der Waals surface area (Å²) in [5.74, 6) is 0.846. The first-order valence-electron chi connectivity index (χ1n) is 10.5. The number of nitro benzene ring substituents is 1. The molecule has 1 aliphatic rings. The van der Waals surface area contributed by atoms with Crippen molar-refractivity contribution in [2.75, 3.05) is 31.1 Å². The zero-order valence-electron chi connectivity index (χ0n) is 18.2. The second kappa shape index (κ2) is 9.83. The van der Waals surface area contributed by atoms with Crippen molar-refractivity contribution >= 4 is 35.0 Å². The Balaban J connectivity index is 1.38. The highest BCUT2D eigenvalue weighted by Gasteiger charge is 2.34. The van der Waals surface area contributed by atoms with Gasteiger partial charge in [-0.05, 0) is 54.6 Å². The lowest BCUT2D eigenvalue weighted by Gasteiger charge is -2.35. The molecular weight excluding hydrogens is 487 g/mol. The summed E-state index contributed by atoms with van der Waals surface area (Å²) in [5, 5.41) is 12.0. The number of anilines is 1. The first-order valence-corrected chi connectivity index (χ1v) is 10.9. The minimum absolute atomic E-state index is 0.0935. The maximum Gasteiger partial charge on any atom is 0.416 e. The van der Waals surface area contributed by atoms with E-state index >= 15 is 0 Å². The zero-order chi connectivity index (χ0) is 25.2. The fourth-order valence-corrected chi connectivity index (χ4v) is 3.88. The topological polar surface area (TPSA) is 79.8 Å². The Morgan fingerprint density at radius 3 is 2.34 bits per heavy atom. The number of benzene rings is 2. The van der Waals surface area contributed by atoms with Crippen molar-refractivity contribution in [2.45, 2.75) is 6.18 Å². The van der Waals surface area contributed by atoms with E-state index in [1.807, 2.05) is 12.1 Å². The number of piperazine rings is 1. The van der Waals surface area contributed by atoms with E-state index in [-0.39, 0.29) is 37.8 Å². The summed E-state index contributed by atoms with van der Waals surface area (Å²) in [6.45, 7) is 1.01. The van der Waals surface area contributed by atoms with Crippen LogP contribution in [0.5, 0.6) is 0 Å². The second-order valence-corrected chi connectivity index (χ2v) is 8.25. The van der Waals surface area contributed by atoms with Crippen molar-refractivity contribution in [1.29, 1.82) is 0 Å². The summed E-state index contributed by atoms with van der Waals surface area (Å²) in [6.07, 6.45) is -1.75. The van der Waals surface area contributed by atoms with Crippen LogP contribution in [0.25, 0.3) is 17.4 Å². The predicted molar refractivity (Wildman–Crippen MR) is 125 cm³/mol. The van der Waals surface area contributed by atoms with E-state index in [1.165, 1.54) is 6.08 Å². The largest absolute Gasteiger partial charge is 0.457 e. The molecule has 1 saturated heterocycles. The number of halogens is 4. The van der Waals surface area contributed by atoms with Crippen LogP contribution >= 0.6 is 11.6 Å². The minimum atomic E-state index is -4.68. The molecule has 0 bridgehead atoms. The van der Waals surface area contributed by atoms with Crippen molar-refractivity contribution < 1.29 is 27.3 Å². The number of carbonyl (C=O) groups is 1. The fraction of sp³-hybridized carbons (Fsp3) is 0.208. The SMILES string of the molecule is O=C(/C=C/c1ccc(-c2ccc(Cl)cc2)o1)N1CCN(c2ccc(C(F)(F)F)cc2[N+](=O)[O-])CC1. The number of rotatable bonds is 5. The Kier molecular flexibility index (Phi) is 6.83. The van der Waals surface area contributed by atoms with E-state index in [9.17, 15) is 28.1 Å². The summed E-state index contributed by atoms with van der Waals surface area (Å²) >= 11 is 5.89. The number of alkyl halides is 3. The summed E-state index contributed by atoms with van der Waals surface area (Å²) in [6, 6.07) is 13.1. The van der Waals surface area contributed by atoms with Gasteiger partial charge in [-0.2, -0.15) is 13.2 Å². The summed E-state index contributed by atoms with van der Waals surface area (Å²) < 4.78 is 44.6. The summed E-state index contributed by atoms with van der Waals surface area (Å²) in [7, 11) is 0. The lowest BCUT2D eigenvalue weighted by molar-refractivity contribution is -0.384.